The van der Waals surface area contributed by atoms with Gasteiger partial charge in [-0.15, -0.1) is 23.5 Å². The number of esters is 1. The molecule has 2 atom stereocenters. The van der Waals surface area contributed by atoms with E-state index in [2.05, 4.69) is 30.3 Å². The topological polar surface area (TPSA) is 65.0 Å². The third-order valence-electron chi connectivity index (χ3n) is 6.79. The smallest absolute Gasteiger partial charge is 0.315 e. The summed E-state index contributed by atoms with van der Waals surface area (Å²) in [6, 6.07) is 24.4. The van der Waals surface area contributed by atoms with Crippen LogP contribution in [0.25, 0.3) is 0 Å². The molecule has 0 saturated heterocycles. The van der Waals surface area contributed by atoms with E-state index in [1.165, 1.54) is 37.3 Å². The summed E-state index contributed by atoms with van der Waals surface area (Å²) in [5, 5.41) is 11.2. The van der Waals surface area contributed by atoms with Gasteiger partial charge >= 0.3 is 5.97 Å². The van der Waals surface area contributed by atoms with E-state index in [0.717, 1.165) is 40.4 Å². The van der Waals surface area contributed by atoms with Crippen molar-refractivity contribution in [2.45, 2.75) is 54.5 Å². The average molecular weight is 553 g/mol. The second-order valence-corrected chi connectivity index (χ2v) is 11.6. The number of aliphatic hydroxyl groups is 1. The highest BCUT2D eigenvalue weighted by atomic mass is 32.2. The number of aliphatic hydroxyl groups excluding tert-OH is 1. The fraction of sp³-hybridized carbons (Fsp3) is 0.387. The molecular weight excluding hydrogens is 516 g/mol. The highest BCUT2D eigenvalue weighted by Crippen LogP contribution is 2.48. The maximum Gasteiger partial charge on any atom is 0.315 e. The molecule has 1 aliphatic carbocycles. The Balaban J connectivity index is 1.69. The van der Waals surface area contributed by atoms with E-state index in [4.69, 9.17) is 14.2 Å². The molecule has 0 heterocycles. The minimum Gasteiger partial charge on any atom is -0.497 e. The van der Waals surface area contributed by atoms with E-state index in [1.54, 1.807) is 18.9 Å². The van der Waals surface area contributed by atoms with Gasteiger partial charge < -0.3 is 19.3 Å². The summed E-state index contributed by atoms with van der Waals surface area (Å²) in [5.74, 6) is 2.39. The van der Waals surface area contributed by atoms with Crippen LogP contribution in [0.2, 0.25) is 0 Å². The molecule has 38 heavy (non-hydrogen) atoms. The zero-order valence-corrected chi connectivity index (χ0v) is 23.6. The molecule has 4 rings (SSSR count). The lowest BCUT2D eigenvalue weighted by atomic mass is 9.93. The van der Waals surface area contributed by atoms with Crippen LogP contribution in [0.3, 0.4) is 0 Å². The Morgan fingerprint density at radius 1 is 1.00 bits per heavy atom. The molecule has 202 valence electrons. The molecule has 0 spiro atoms. The molecule has 3 aromatic rings. The molecule has 3 aromatic carbocycles. The van der Waals surface area contributed by atoms with Crippen molar-refractivity contribution in [1.82, 2.24) is 0 Å². The molecule has 1 saturated carbocycles. The number of carbonyl (C=O) groups is 1. The van der Waals surface area contributed by atoms with E-state index in [-0.39, 0.29) is 17.0 Å². The monoisotopic (exact) mass is 552 g/mol. The summed E-state index contributed by atoms with van der Waals surface area (Å²) in [5.41, 5.74) is 3.30. The maximum atomic E-state index is 11.7. The van der Waals surface area contributed by atoms with E-state index >= 15 is 0 Å². The summed E-state index contributed by atoms with van der Waals surface area (Å²) in [6.45, 7) is 0.460. The van der Waals surface area contributed by atoms with Gasteiger partial charge in [-0.05, 0) is 48.1 Å². The lowest BCUT2D eigenvalue weighted by Crippen LogP contribution is -2.21. The van der Waals surface area contributed by atoms with Gasteiger partial charge in [0.05, 0.1) is 31.3 Å². The van der Waals surface area contributed by atoms with Crippen LogP contribution in [0.1, 0.15) is 53.5 Å². The Labute approximate surface area is 234 Å². The molecule has 0 radical (unpaired) electrons. The molecule has 1 fully saturated rings. The number of thioether (sulfide) groups is 2. The number of rotatable bonds is 13. The Morgan fingerprint density at radius 3 is 2.50 bits per heavy atom. The molecule has 5 nitrogen and oxygen atoms in total. The molecule has 0 bridgehead atoms. The van der Waals surface area contributed by atoms with Gasteiger partial charge in [0.1, 0.15) is 18.1 Å². The van der Waals surface area contributed by atoms with Crippen molar-refractivity contribution in [3.05, 3.63) is 89.5 Å². The number of para-hydroxylation sites is 1. The van der Waals surface area contributed by atoms with Gasteiger partial charge in [-0.2, -0.15) is 0 Å². The molecule has 7 heteroatoms. The Bertz CT molecular complexity index is 1160. The first-order valence-corrected chi connectivity index (χ1v) is 15.1. The third kappa shape index (κ3) is 7.71. The van der Waals surface area contributed by atoms with Crippen molar-refractivity contribution in [3.63, 3.8) is 0 Å². The van der Waals surface area contributed by atoms with Crippen LogP contribution in [0.5, 0.6) is 11.5 Å². The van der Waals surface area contributed by atoms with Crippen LogP contribution in [-0.2, 0) is 16.1 Å². The van der Waals surface area contributed by atoms with Crippen molar-refractivity contribution >= 4 is 29.5 Å². The number of benzene rings is 3. The van der Waals surface area contributed by atoms with Crippen LogP contribution >= 0.6 is 23.5 Å². The van der Waals surface area contributed by atoms with Crippen molar-refractivity contribution < 1.29 is 24.1 Å². The van der Waals surface area contributed by atoms with Gasteiger partial charge in [-0.1, -0.05) is 67.4 Å². The van der Waals surface area contributed by atoms with E-state index in [0.29, 0.717) is 18.3 Å². The SMILES string of the molecule is COC(=O)CSCC(O)C(Sc1cccc(OC)c1)c1cccc(C2CCCC2)c1OCc1ccccc1. The van der Waals surface area contributed by atoms with Gasteiger partial charge in [0, 0.05) is 16.2 Å². The summed E-state index contributed by atoms with van der Waals surface area (Å²) < 4.78 is 16.8. The van der Waals surface area contributed by atoms with Crippen molar-refractivity contribution in [2.24, 2.45) is 0 Å². The van der Waals surface area contributed by atoms with E-state index in [1.807, 2.05) is 42.5 Å². The fourth-order valence-electron chi connectivity index (χ4n) is 4.83. The zero-order valence-electron chi connectivity index (χ0n) is 22.0. The summed E-state index contributed by atoms with van der Waals surface area (Å²) >= 11 is 2.97. The first-order valence-electron chi connectivity index (χ1n) is 13.0. The molecular formula is C31H36O5S2. The first kappa shape index (κ1) is 28.4. The molecule has 1 aliphatic rings. The Kier molecular flexibility index (Phi) is 10.9. The quantitative estimate of drug-likeness (QED) is 0.180. The highest BCUT2D eigenvalue weighted by Gasteiger charge is 2.30. The van der Waals surface area contributed by atoms with Gasteiger partial charge in [0.15, 0.2) is 0 Å². The summed E-state index contributed by atoms with van der Waals surface area (Å²) in [6.07, 6.45) is 4.02. The number of hydrogen-bond donors (Lipinski definition) is 1. The summed E-state index contributed by atoms with van der Waals surface area (Å²) in [7, 11) is 3.03. The predicted octanol–water partition coefficient (Wildman–Crippen LogP) is 7.03. The van der Waals surface area contributed by atoms with Crippen LogP contribution in [0, 0.1) is 0 Å². The second-order valence-electron chi connectivity index (χ2n) is 9.40. The minimum absolute atomic E-state index is 0.198. The van der Waals surface area contributed by atoms with E-state index < -0.39 is 6.10 Å². The molecule has 1 N–H and O–H groups in total. The molecule has 0 aliphatic heterocycles. The van der Waals surface area contributed by atoms with Crippen LogP contribution < -0.4 is 9.47 Å². The number of hydrogen-bond acceptors (Lipinski definition) is 7. The normalized spacial score (nSPS) is 15.1. The third-order valence-corrected chi connectivity index (χ3v) is 9.16. The van der Waals surface area contributed by atoms with E-state index in [9.17, 15) is 9.90 Å². The first-order chi connectivity index (χ1) is 18.6. The maximum absolute atomic E-state index is 11.7. The Morgan fingerprint density at radius 2 is 1.76 bits per heavy atom. The average Bonchev–Trinajstić information content (AvgIpc) is 3.50. The predicted molar refractivity (Wildman–Crippen MR) is 155 cm³/mol. The zero-order chi connectivity index (χ0) is 26.7. The minimum atomic E-state index is -0.723. The number of carbonyl (C=O) groups excluding carboxylic acids is 1. The Hall–Kier alpha value is -2.61. The van der Waals surface area contributed by atoms with Crippen LogP contribution in [-0.4, -0.2) is 42.9 Å². The van der Waals surface area contributed by atoms with Crippen molar-refractivity contribution in [1.29, 1.82) is 0 Å². The highest BCUT2D eigenvalue weighted by molar-refractivity contribution is 8.00. The number of ether oxygens (including phenoxy) is 3. The molecule has 0 aromatic heterocycles. The largest absolute Gasteiger partial charge is 0.497 e. The van der Waals surface area contributed by atoms with Gasteiger partial charge in [-0.3, -0.25) is 4.79 Å². The standard InChI is InChI=1S/C31H36O5S2/c1-34-24-14-8-15-25(18-24)38-31(28(32)20-37-21-29(33)35-2)27-17-9-16-26(23-12-6-7-13-23)30(27)36-19-22-10-4-3-5-11-22/h3-5,8-11,14-18,23,28,31-32H,6-7,12-13,19-21H2,1-2H3. The van der Waals surface area contributed by atoms with Crippen LogP contribution in [0.15, 0.2) is 77.7 Å². The fourth-order valence-corrected chi connectivity index (χ4v) is 6.99. The van der Waals surface area contributed by atoms with Gasteiger partial charge in [-0.25, -0.2) is 0 Å². The van der Waals surface area contributed by atoms with Gasteiger partial charge in [0.2, 0.25) is 0 Å². The van der Waals surface area contributed by atoms with Crippen molar-refractivity contribution in [2.75, 3.05) is 25.7 Å². The van der Waals surface area contributed by atoms with Crippen molar-refractivity contribution in [3.8, 4) is 11.5 Å². The van der Waals surface area contributed by atoms with Gasteiger partial charge in [0.25, 0.3) is 0 Å². The summed E-state index contributed by atoms with van der Waals surface area (Å²) in [4.78, 5) is 12.7. The number of methoxy groups -OCH3 is 2. The lowest BCUT2D eigenvalue weighted by molar-refractivity contribution is -0.137. The molecule has 0 amide bonds. The lowest BCUT2D eigenvalue weighted by Gasteiger charge is -2.27. The molecule has 2 unspecified atom stereocenters. The van der Waals surface area contributed by atoms with Crippen LogP contribution in [0.4, 0.5) is 0 Å². The second kappa shape index (κ2) is 14.5.